The normalized spacial score (nSPS) is 21.1. The lowest BCUT2D eigenvalue weighted by Gasteiger charge is -2.35. The van der Waals surface area contributed by atoms with Crippen LogP contribution in [0.5, 0.6) is 0 Å². The largest absolute Gasteiger partial charge is 0.384 e. The molecule has 1 aromatic heterocycles. The van der Waals surface area contributed by atoms with Gasteiger partial charge in [-0.3, -0.25) is 14.2 Å². The Balaban J connectivity index is 1.81. The molecule has 132 valence electrons. The maximum atomic E-state index is 13.2. The first-order chi connectivity index (χ1) is 12.0. The molecule has 0 unspecified atom stereocenters. The van der Waals surface area contributed by atoms with Crippen LogP contribution in [0.1, 0.15) is 48.2 Å². The average Bonchev–Trinajstić information content (AvgIpc) is 2.85. The molecule has 8 heteroatoms. The van der Waals surface area contributed by atoms with Crippen LogP contribution < -0.4 is 27.2 Å². The molecular formula is C17H22N6O2. The van der Waals surface area contributed by atoms with E-state index in [-0.39, 0.29) is 11.5 Å². The van der Waals surface area contributed by atoms with Crippen molar-refractivity contribution in [2.24, 2.45) is 10.7 Å². The second-order valence-corrected chi connectivity index (χ2v) is 6.88. The molecule has 25 heavy (non-hydrogen) atoms. The second kappa shape index (κ2) is 5.65. The van der Waals surface area contributed by atoms with Gasteiger partial charge in [0, 0.05) is 6.08 Å². The van der Waals surface area contributed by atoms with Crippen molar-refractivity contribution >= 4 is 17.4 Å². The molecule has 5 N–H and O–H groups in total. The fourth-order valence-corrected chi connectivity index (χ4v) is 4.02. The number of hydrogen-bond donors (Lipinski definition) is 4. The Morgan fingerprint density at radius 2 is 2.04 bits per heavy atom. The minimum absolute atomic E-state index is 0.158. The second-order valence-electron chi connectivity index (χ2n) is 6.88. The van der Waals surface area contributed by atoms with Gasteiger partial charge >= 0.3 is 0 Å². The molecule has 8 nitrogen and oxygen atoms in total. The molecule has 2 aliphatic heterocycles. The van der Waals surface area contributed by atoms with Gasteiger partial charge in [0.05, 0.1) is 0 Å². The molecule has 1 spiro atoms. The van der Waals surface area contributed by atoms with Crippen LogP contribution in [-0.2, 0) is 5.66 Å². The van der Waals surface area contributed by atoms with Gasteiger partial charge in [0.25, 0.3) is 11.5 Å². The van der Waals surface area contributed by atoms with Gasteiger partial charge in [-0.15, -0.1) is 0 Å². The number of pyridine rings is 1. The molecule has 1 fully saturated rings. The zero-order valence-corrected chi connectivity index (χ0v) is 14.2. The summed E-state index contributed by atoms with van der Waals surface area (Å²) >= 11 is 0. The Morgan fingerprint density at radius 1 is 1.28 bits per heavy atom. The van der Waals surface area contributed by atoms with Crippen molar-refractivity contribution in [2.45, 2.75) is 44.7 Å². The summed E-state index contributed by atoms with van der Waals surface area (Å²) in [4.78, 5) is 29.7. The topological polar surface area (TPSA) is 114 Å². The highest BCUT2D eigenvalue weighted by Gasteiger charge is 2.45. The summed E-state index contributed by atoms with van der Waals surface area (Å²) in [5, 5.41) is 9.23. The smallest absolute Gasteiger partial charge is 0.276 e. The number of aromatic nitrogens is 1. The molecule has 1 saturated carbocycles. The fourth-order valence-electron chi connectivity index (χ4n) is 4.02. The third-order valence-electron chi connectivity index (χ3n) is 5.15. The number of anilines is 1. The zero-order chi connectivity index (χ0) is 17.6. The first kappa shape index (κ1) is 15.7. The third-order valence-corrected chi connectivity index (χ3v) is 5.15. The molecule has 3 aliphatic rings. The fraction of sp³-hybridized carbons (Fsp3) is 0.471. The molecule has 0 saturated heterocycles. The van der Waals surface area contributed by atoms with Crippen LogP contribution in [0.4, 0.5) is 5.69 Å². The molecule has 1 aromatic rings. The van der Waals surface area contributed by atoms with Crippen LogP contribution in [0.25, 0.3) is 0 Å². The van der Waals surface area contributed by atoms with Crippen molar-refractivity contribution in [3.63, 3.8) is 0 Å². The zero-order valence-electron chi connectivity index (χ0n) is 14.2. The summed E-state index contributed by atoms with van der Waals surface area (Å²) < 4.78 is 1.67. The maximum absolute atomic E-state index is 13.2. The van der Waals surface area contributed by atoms with E-state index in [9.17, 15) is 9.59 Å². The quantitative estimate of drug-likeness (QED) is 0.631. The first-order valence-corrected chi connectivity index (χ1v) is 8.62. The van der Waals surface area contributed by atoms with Gasteiger partial charge in [-0.1, -0.05) is 6.42 Å². The van der Waals surface area contributed by atoms with Crippen molar-refractivity contribution in [1.82, 2.24) is 15.2 Å². The number of nitrogens with two attached hydrogens (primary N) is 1. The number of carbonyl (C=O) groups is 1. The van der Waals surface area contributed by atoms with Gasteiger partial charge in [-0.2, -0.15) is 0 Å². The van der Waals surface area contributed by atoms with Gasteiger partial charge in [0.2, 0.25) is 0 Å². The number of nitrogens with zero attached hydrogens (tertiary/aromatic N) is 2. The Kier molecular flexibility index (Phi) is 3.55. The van der Waals surface area contributed by atoms with Crippen LogP contribution in [0.2, 0.25) is 0 Å². The third kappa shape index (κ3) is 2.48. The van der Waals surface area contributed by atoms with Crippen molar-refractivity contribution in [3.05, 3.63) is 39.6 Å². The molecule has 1 aliphatic carbocycles. The number of amidine groups is 1. The van der Waals surface area contributed by atoms with E-state index in [1.165, 1.54) is 0 Å². The molecule has 0 atom stereocenters. The summed E-state index contributed by atoms with van der Waals surface area (Å²) in [5.41, 5.74) is 6.63. The SMILES string of the molecule is Cc1cc(NC2=CC(N)=NCN2)c(=O)n2c1C(=O)NC21CCCCC1. The van der Waals surface area contributed by atoms with Crippen molar-refractivity contribution in [1.29, 1.82) is 0 Å². The van der Waals surface area contributed by atoms with Gasteiger partial charge in [-0.05, 0) is 44.2 Å². The van der Waals surface area contributed by atoms with E-state index in [4.69, 9.17) is 5.73 Å². The molecule has 0 radical (unpaired) electrons. The predicted molar refractivity (Wildman–Crippen MR) is 95.3 cm³/mol. The van der Waals surface area contributed by atoms with E-state index in [1.54, 1.807) is 16.7 Å². The van der Waals surface area contributed by atoms with Gasteiger partial charge < -0.3 is 21.7 Å². The minimum atomic E-state index is -0.584. The highest BCUT2D eigenvalue weighted by Crippen LogP contribution is 2.37. The van der Waals surface area contributed by atoms with Crippen LogP contribution in [0.15, 0.2) is 27.8 Å². The van der Waals surface area contributed by atoms with Crippen molar-refractivity contribution in [3.8, 4) is 0 Å². The number of aryl methyl sites for hydroxylation is 1. The number of hydrogen-bond acceptors (Lipinski definition) is 6. The van der Waals surface area contributed by atoms with Crippen LogP contribution >= 0.6 is 0 Å². The molecule has 4 rings (SSSR count). The van der Waals surface area contributed by atoms with Crippen LogP contribution in [0.3, 0.4) is 0 Å². The lowest BCUT2D eigenvalue weighted by Crippen LogP contribution is -2.49. The summed E-state index contributed by atoms with van der Waals surface area (Å²) in [6, 6.07) is 1.72. The predicted octanol–water partition coefficient (Wildman–Crippen LogP) is 0.688. The number of rotatable bonds is 2. The molecule has 1 amide bonds. The van der Waals surface area contributed by atoms with E-state index in [2.05, 4.69) is 20.9 Å². The number of nitrogens with one attached hydrogen (secondary N) is 3. The summed E-state index contributed by atoms with van der Waals surface area (Å²) in [7, 11) is 0. The monoisotopic (exact) mass is 342 g/mol. The van der Waals surface area contributed by atoms with Crippen molar-refractivity contribution < 1.29 is 4.79 Å². The Labute approximate surface area is 145 Å². The first-order valence-electron chi connectivity index (χ1n) is 8.62. The molecule has 0 aromatic carbocycles. The Hall–Kier alpha value is -2.77. The maximum Gasteiger partial charge on any atom is 0.276 e. The van der Waals surface area contributed by atoms with E-state index < -0.39 is 5.66 Å². The van der Waals surface area contributed by atoms with Crippen LogP contribution in [-0.4, -0.2) is 23.0 Å². The van der Waals surface area contributed by atoms with E-state index in [0.29, 0.717) is 29.7 Å². The van der Waals surface area contributed by atoms with E-state index in [0.717, 1.165) is 37.7 Å². The average molecular weight is 342 g/mol. The standard InChI is InChI=1S/C17H22N6O2/c1-10-7-11(21-13-8-12(18)19-9-20-13)16(25)23-14(10)15(24)22-17(23)5-3-2-4-6-17/h7-8,20-21H,2-6,9H2,1H3,(H2,18,19)(H,22,24). The Morgan fingerprint density at radius 3 is 2.76 bits per heavy atom. The van der Waals surface area contributed by atoms with Gasteiger partial charge in [0.1, 0.15) is 35.4 Å². The number of fused-ring (bicyclic) bond motifs is 2. The van der Waals surface area contributed by atoms with Gasteiger partial charge in [0.15, 0.2) is 0 Å². The summed E-state index contributed by atoms with van der Waals surface area (Å²) in [5.74, 6) is 0.869. The van der Waals surface area contributed by atoms with E-state index in [1.807, 2.05) is 6.92 Å². The number of aliphatic imine (C=N–C) groups is 1. The lowest BCUT2D eigenvalue weighted by molar-refractivity contribution is 0.0876. The summed E-state index contributed by atoms with van der Waals surface area (Å²) in [6.07, 6.45) is 6.36. The minimum Gasteiger partial charge on any atom is -0.384 e. The number of carbonyl (C=O) groups excluding carboxylic acids is 1. The summed E-state index contributed by atoms with van der Waals surface area (Å²) in [6.45, 7) is 2.22. The van der Waals surface area contributed by atoms with Crippen LogP contribution in [0, 0.1) is 6.92 Å². The molecular weight excluding hydrogens is 320 g/mol. The molecule has 0 bridgehead atoms. The Bertz CT molecular complexity index is 861. The highest BCUT2D eigenvalue weighted by molar-refractivity contribution is 5.97. The van der Waals surface area contributed by atoms with Crippen molar-refractivity contribution in [2.75, 3.05) is 12.0 Å². The lowest BCUT2D eigenvalue weighted by atomic mass is 9.89. The number of amides is 1. The van der Waals surface area contributed by atoms with E-state index >= 15 is 0 Å². The van der Waals surface area contributed by atoms with Gasteiger partial charge in [-0.25, -0.2) is 4.99 Å². The molecule has 3 heterocycles. The highest BCUT2D eigenvalue weighted by atomic mass is 16.2.